The second-order valence-electron chi connectivity index (χ2n) is 16.2. The summed E-state index contributed by atoms with van der Waals surface area (Å²) in [4.78, 5) is 39.4. The van der Waals surface area contributed by atoms with Crippen molar-refractivity contribution in [1.29, 1.82) is 0 Å². The lowest BCUT2D eigenvalue weighted by molar-refractivity contribution is -0.0384. The number of aryl methyl sites for hydroxylation is 3. The Kier molecular flexibility index (Phi) is 12.0. The Balaban J connectivity index is 0.000000212. The minimum atomic E-state index is -1.20. The summed E-state index contributed by atoms with van der Waals surface area (Å²) in [5.41, 5.74) is 7.26. The van der Waals surface area contributed by atoms with Gasteiger partial charge in [-0.1, -0.05) is 41.5 Å². The van der Waals surface area contributed by atoms with E-state index in [1.807, 2.05) is 41.1 Å². The zero-order valence-electron chi connectivity index (χ0n) is 35.3. The van der Waals surface area contributed by atoms with Gasteiger partial charge >= 0.3 is 0 Å². The van der Waals surface area contributed by atoms with Gasteiger partial charge in [0.1, 0.15) is 54.1 Å². The molecule has 9 rings (SSSR count). The lowest BCUT2D eigenvalue weighted by atomic mass is 9.93. The second kappa shape index (κ2) is 17.1. The number of nitrogens with zero attached hydrogens (tertiary/aromatic N) is 12. The number of imidazole rings is 3. The van der Waals surface area contributed by atoms with E-state index in [4.69, 9.17) is 23.3 Å². The molecule has 0 spiro atoms. The van der Waals surface area contributed by atoms with Gasteiger partial charge in [0.15, 0.2) is 31.5 Å². The first-order chi connectivity index (χ1) is 28.4. The highest BCUT2D eigenvalue weighted by atomic mass is 31.2. The normalized spacial score (nSPS) is 31.4. The molecule has 316 valence electrons. The van der Waals surface area contributed by atoms with Crippen LogP contribution in [0.3, 0.4) is 0 Å². The second-order valence-corrected chi connectivity index (χ2v) is 17.6. The van der Waals surface area contributed by atoms with Crippen LogP contribution >= 0.6 is 8.38 Å². The van der Waals surface area contributed by atoms with Crippen molar-refractivity contribution in [1.82, 2.24) is 58.6 Å². The molecule has 3 aliphatic heterocycles. The molecule has 59 heavy (non-hydrogen) atoms. The molecule has 0 aliphatic carbocycles. The van der Waals surface area contributed by atoms with Crippen LogP contribution in [0, 0.1) is 50.4 Å². The van der Waals surface area contributed by atoms with E-state index in [9.17, 15) is 5.11 Å². The molecule has 3 fully saturated rings. The summed E-state index contributed by atoms with van der Waals surface area (Å²) in [6.45, 7) is 21.2. The van der Waals surface area contributed by atoms with Crippen LogP contribution in [0.2, 0.25) is 0 Å². The number of aromatic nitrogens is 12. The van der Waals surface area contributed by atoms with Gasteiger partial charge in [-0.25, -0.2) is 44.9 Å². The lowest BCUT2D eigenvalue weighted by Crippen LogP contribution is -2.27. The van der Waals surface area contributed by atoms with Crippen molar-refractivity contribution in [2.24, 2.45) is 29.6 Å². The predicted molar refractivity (Wildman–Crippen MR) is 219 cm³/mol. The van der Waals surface area contributed by atoms with Crippen molar-refractivity contribution in [3.63, 3.8) is 0 Å². The molecule has 0 saturated carbocycles. The van der Waals surface area contributed by atoms with E-state index in [2.05, 4.69) is 86.4 Å². The van der Waals surface area contributed by atoms with Crippen molar-refractivity contribution in [3.05, 3.63) is 55.0 Å². The molecule has 3 aliphatic rings. The number of fused-ring (bicyclic) bond motifs is 3. The molecule has 0 radical (unpaired) electrons. The first kappa shape index (κ1) is 41.6. The molecule has 6 aromatic heterocycles. The van der Waals surface area contributed by atoms with Crippen LogP contribution < -0.4 is 0 Å². The fraction of sp³-hybridized carbons (Fsp3) is 0.625. The van der Waals surface area contributed by atoms with Gasteiger partial charge in [0.05, 0.1) is 67.6 Å². The molecular formula is C40H55N12O6P. The number of hydrogen-bond donors (Lipinski definition) is 1. The molecule has 3 saturated heterocycles. The van der Waals surface area contributed by atoms with E-state index < -0.39 is 8.38 Å². The Labute approximate surface area is 344 Å². The van der Waals surface area contributed by atoms with Crippen LogP contribution in [0.1, 0.15) is 83.7 Å². The van der Waals surface area contributed by atoms with Crippen molar-refractivity contribution in [3.8, 4) is 0 Å². The molecule has 7 unspecified atom stereocenters. The van der Waals surface area contributed by atoms with Crippen LogP contribution in [-0.4, -0.2) is 108 Å². The standard InChI is InChI=1S/C27H37N8O4P.C13H18N4O2/c1-8-19-16(4)23(27(37-19)35-13-33-22-18(6)29-11-31-25(22)35)39-40(7)36-9-20-14(2)15(3)26(38-20)34-12-32-21-17(5)28-10-30-24(21)34;1-7-8(2)13(19-10(7)4-18)17-6-16-11-9(3)14-5-15-12(11)17/h10-16,19-20,23,26-27H,8-9H2,1-7H3;5-8,10,13,18H,4H2,1-3H3/t14?,15?,16?,19-,20-,23?,26-,27-,40?;7?,8?,10-,13-/m11/s1. The van der Waals surface area contributed by atoms with Crippen LogP contribution in [-0.2, 0) is 23.3 Å². The van der Waals surface area contributed by atoms with Crippen LogP contribution in [0.4, 0.5) is 0 Å². The summed E-state index contributed by atoms with van der Waals surface area (Å²) in [6, 6.07) is 0. The number of aliphatic hydroxyl groups is 1. The maximum Gasteiger partial charge on any atom is 0.167 e. The largest absolute Gasteiger partial charge is 0.394 e. The minimum absolute atomic E-state index is 0.0443. The smallest absolute Gasteiger partial charge is 0.167 e. The molecule has 0 bridgehead atoms. The van der Waals surface area contributed by atoms with E-state index in [0.717, 1.165) is 57.0 Å². The zero-order valence-corrected chi connectivity index (χ0v) is 36.2. The first-order valence-corrected chi connectivity index (χ1v) is 22.1. The van der Waals surface area contributed by atoms with E-state index >= 15 is 0 Å². The molecule has 1 N–H and O–H groups in total. The summed E-state index contributed by atoms with van der Waals surface area (Å²) in [7, 11) is -1.20. The maximum absolute atomic E-state index is 9.35. The molecule has 19 heteroatoms. The van der Waals surface area contributed by atoms with E-state index in [1.165, 1.54) is 0 Å². The number of ether oxygens (including phenoxy) is 3. The average molecular weight is 831 g/mol. The first-order valence-electron chi connectivity index (χ1n) is 20.4. The quantitative estimate of drug-likeness (QED) is 0.157. The molecule has 13 atom stereocenters. The summed E-state index contributed by atoms with van der Waals surface area (Å²) in [5.74, 6) is 1.30. The van der Waals surface area contributed by atoms with E-state index in [-0.39, 0.29) is 67.5 Å². The van der Waals surface area contributed by atoms with E-state index in [0.29, 0.717) is 18.4 Å². The summed E-state index contributed by atoms with van der Waals surface area (Å²) < 4.78 is 37.8. The van der Waals surface area contributed by atoms with Gasteiger partial charge in [-0.15, -0.1) is 0 Å². The van der Waals surface area contributed by atoms with Gasteiger partial charge in [0, 0.05) is 24.4 Å². The Morgan fingerprint density at radius 1 is 0.576 bits per heavy atom. The minimum Gasteiger partial charge on any atom is -0.394 e. The maximum atomic E-state index is 9.35. The fourth-order valence-electron chi connectivity index (χ4n) is 8.63. The van der Waals surface area contributed by atoms with Crippen molar-refractivity contribution in [2.45, 2.75) is 112 Å². The van der Waals surface area contributed by atoms with Crippen LogP contribution in [0.15, 0.2) is 38.0 Å². The summed E-state index contributed by atoms with van der Waals surface area (Å²) in [6.07, 6.45) is 9.90. The fourth-order valence-corrected chi connectivity index (χ4v) is 9.68. The number of hydrogen-bond acceptors (Lipinski definition) is 15. The number of aliphatic hydroxyl groups excluding tert-OH is 1. The molecule has 9 heterocycles. The summed E-state index contributed by atoms with van der Waals surface area (Å²) in [5, 5.41) is 9.35. The van der Waals surface area contributed by atoms with Crippen LogP contribution in [0.25, 0.3) is 33.5 Å². The highest BCUT2D eigenvalue weighted by molar-refractivity contribution is 7.46. The predicted octanol–water partition coefficient (Wildman–Crippen LogP) is 6.04. The molecule has 0 amide bonds. The Morgan fingerprint density at radius 3 is 1.44 bits per heavy atom. The van der Waals surface area contributed by atoms with Gasteiger partial charge in [0.2, 0.25) is 0 Å². The SMILES string of the molecule is CC[C@H]1O[C@@H](n2cnc3c(C)ncnc32)C(OP(C)OC[C@H]2O[C@@H](n3cnc4c(C)ncnc43)C(C)C2C)C1C.Cc1ncnc2c1ncn2[C@@H]1O[C@H](CO)C(C)C1C. The zero-order chi connectivity index (χ0) is 41.7. The average Bonchev–Trinajstić information content (AvgIpc) is 4.09. The van der Waals surface area contributed by atoms with Crippen molar-refractivity contribution < 1.29 is 28.4 Å². The third kappa shape index (κ3) is 7.62. The highest BCUT2D eigenvalue weighted by Gasteiger charge is 2.46. The van der Waals surface area contributed by atoms with Gasteiger partial charge in [-0.05, 0) is 39.0 Å². The van der Waals surface area contributed by atoms with Gasteiger partial charge in [-0.2, -0.15) is 0 Å². The third-order valence-electron chi connectivity index (χ3n) is 12.8. The summed E-state index contributed by atoms with van der Waals surface area (Å²) >= 11 is 0. The Morgan fingerprint density at radius 2 is 1.00 bits per heavy atom. The van der Waals surface area contributed by atoms with Gasteiger partial charge in [0.25, 0.3) is 0 Å². The highest BCUT2D eigenvalue weighted by Crippen LogP contribution is 2.48. The topological polar surface area (TPSA) is 197 Å². The van der Waals surface area contributed by atoms with Crippen molar-refractivity contribution >= 4 is 41.9 Å². The third-order valence-corrected chi connectivity index (χ3v) is 13.8. The van der Waals surface area contributed by atoms with Crippen LogP contribution in [0.5, 0.6) is 0 Å². The Bertz CT molecular complexity index is 2390. The molecule has 18 nitrogen and oxygen atoms in total. The molecular weight excluding hydrogens is 775 g/mol. The lowest BCUT2D eigenvalue weighted by Gasteiger charge is -2.26. The van der Waals surface area contributed by atoms with Crippen molar-refractivity contribution in [2.75, 3.05) is 19.9 Å². The van der Waals surface area contributed by atoms with Gasteiger partial charge < -0.3 is 28.4 Å². The van der Waals surface area contributed by atoms with Gasteiger partial charge in [-0.3, -0.25) is 13.7 Å². The monoisotopic (exact) mass is 830 g/mol. The van der Waals surface area contributed by atoms with E-state index in [1.54, 1.807) is 38.0 Å². The Hall–Kier alpha value is -4.16. The number of rotatable bonds is 10. The molecule has 0 aromatic carbocycles. The molecule has 6 aromatic rings.